The van der Waals surface area contributed by atoms with Crippen molar-refractivity contribution >= 4 is 29.3 Å². The third kappa shape index (κ3) is 5.16. The molecule has 0 unspecified atom stereocenters. The molecule has 3 N–H and O–H groups in total. The summed E-state index contributed by atoms with van der Waals surface area (Å²) in [7, 11) is 3.37. The molecule has 0 aliphatic rings. The van der Waals surface area contributed by atoms with Crippen molar-refractivity contribution in [2.24, 2.45) is 0 Å². The van der Waals surface area contributed by atoms with E-state index in [4.69, 9.17) is 13.6 Å². The lowest BCUT2D eigenvalue weighted by molar-refractivity contribution is 0.416. The molecule has 0 aliphatic heterocycles. The third-order valence-corrected chi connectivity index (χ3v) is 6.00. The van der Waals surface area contributed by atoms with Gasteiger partial charge in [-0.2, -0.15) is 15.0 Å². The van der Waals surface area contributed by atoms with Crippen molar-refractivity contribution in [2.45, 2.75) is 0 Å². The van der Waals surface area contributed by atoms with Crippen molar-refractivity contribution in [3.63, 3.8) is 0 Å². The van der Waals surface area contributed by atoms with E-state index in [0.717, 1.165) is 28.1 Å². The van der Waals surface area contributed by atoms with Crippen LogP contribution in [-0.2, 0) is 0 Å². The quantitative estimate of drug-likeness (QED) is 0.191. The second kappa shape index (κ2) is 11.0. The summed E-state index contributed by atoms with van der Waals surface area (Å²) in [6.07, 6.45) is 4.60. The fraction of sp³-hybridized carbons (Fsp3) is 0.0690. The zero-order valence-electron chi connectivity index (χ0n) is 21.6. The Kier molecular flexibility index (Phi) is 6.74. The number of aromatic nitrogens is 5. The maximum atomic E-state index is 6.07. The summed E-state index contributed by atoms with van der Waals surface area (Å²) < 4.78 is 16.7. The van der Waals surface area contributed by atoms with Gasteiger partial charge in [0.15, 0.2) is 18.0 Å². The lowest BCUT2D eigenvalue weighted by Crippen LogP contribution is -2.05. The Morgan fingerprint density at radius 3 is 2.42 bits per heavy atom. The van der Waals surface area contributed by atoms with Crippen LogP contribution in [0.4, 0.5) is 29.3 Å². The van der Waals surface area contributed by atoms with Crippen LogP contribution in [0.15, 0.2) is 100 Å². The molecule has 6 rings (SSSR count). The number of nitrogens with one attached hydrogen (secondary N) is 3. The van der Waals surface area contributed by atoms with Crippen LogP contribution in [0.25, 0.3) is 34.0 Å². The molecule has 3 aromatic heterocycles. The average Bonchev–Trinajstić information content (AvgIpc) is 3.71. The summed E-state index contributed by atoms with van der Waals surface area (Å²) in [5.41, 5.74) is 4.65. The van der Waals surface area contributed by atoms with Crippen LogP contribution >= 0.6 is 0 Å². The molecule has 3 aromatic carbocycles. The van der Waals surface area contributed by atoms with Gasteiger partial charge in [-0.05, 0) is 24.3 Å². The minimum Gasteiger partial charge on any atom is -0.496 e. The maximum Gasteiger partial charge on any atom is 0.299 e. The minimum atomic E-state index is 0.324. The number of benzene rings is 3. The molecule has 198 valence electrons. The van der Waals surface area contributed by atoms with Crippen LogP contribution in [-0.4, -0.2) is 39.1 Å². The summed E-state index contributed by atoms with van der Waals surface area (Å²) in [6.45, 7) is 0. The van der Waals surface area contributed by atoms with Crippen molar-refractivity contribution in [3.05, 3.63) is 91.7 Å². The van der Waals surface area contributed by atoms with Crippen LogP contribution in [0.3, 0.4) is 0 Å². The van der Waals surface area contributed by atoms with E-state index in [1.807, 2.05) is 72.8 Å². The average molecular weight is 533 g/mol. The molecule has 0 fully saturated rings. The standard InChI is InChI=1S/C29H24N8O3/c1-30-27-35-26(18-8-4-3-5-9-18)36-28(37-27)34-22-11-7-6-10-20(22)25-15-31-29(40-25)33-19-12-13-21(24(14-19)38-2)23-16-39-17-32-23/h3-17H,1-2H3,(H,31,33)(H2,30,34,35,36,37). The van der Waals surface area contributed by atoms with E-state index in [1.165, 1.54) is 6.39 Å². The van der Waals surface area contributed by atoms with Crippen molar-refractivity contribution in [1.29, 1.82) is 0 Å². The van der Waals surface area contributed by atoms with Gasteiger partial charge in [0.2, 0.25) is 11.9 Å². The Balaban J connectivity index is 1.25. The molecule has 0 saturated heterocycles. The highest BCUT2D eigenvalue weighted by atomic mass is 16.5. The van der Waals surface area contributed by atoms with Gasteiger partial charge in [0, 0.05) is 35.5 Å². The molecule has 11 nitrogen and oxygen atoms in total. The van der Waals surface area contributed by atoms with Gasteiger partial charge in [-0.3, -0.25) is 0 Å². The fourth-order valence-corrected chi connectivity index (χ4v) is 4.09. The second-order valence-corrected chi connectivity index (χ2v) is 8.54. The Morgan fingerprint density at radius 1 is 0.800 bits per heavy atom. The Bertz CT molecular complexity index is 1740. The Hall–Kier alpha value is -5.71. The number of rotatable bonds is 9. The number of methoxy groups -OCH3 is 1. The number of anilines is 5. The Labute approximate surface area is 229 Å². The van der Waals surface area contributed by atoms with Crippen LogP contribution in [0, 0.1) is 0 Å². The van der Waals surface area contributed by atoms with E-state index >= 15 is 0 Å². The number of oxazole rings is 2. The first kappa shape index (κ1) is 24.6. The van der Waals surface area contributed by atoms with Crippen LogP contribution < -0.4 is 20.7 Å². The molecule has 6 aromatic rings. The Morgan fingerprint density at radius 2 is 1.62 bits per heavy atom. The molecule has 0 atom stereocenters. The number of para-hydroxylation sites is 1. The molecular weight excluding hydrogens is 508 g/mol. The van der Waals surface area contributed by atoms with Gasteiger partial charge in [-0.1, -0.05) is 42.5 Å². The first-order valence-electron chi connectivity index (χ1n) is 12.4. The second-order valence-electron chi connectivity index (χ2n) is 8.54. The molecule has 3 heterocycles. The molecule has 0 amide bonds. The van der Waals surface area contributed by atoms with E-state index in [-0.39, 0.29) is 0 Å². The van der Waals surface area contributed by atoms with Gasteiger partial charge in [-0.15, -0.1) is 0 Å². The van der Waals surface area contributed by atoms with Crippen molar-refractivity contribution in [3.8, 4) is 39.7 Å². The number of hydrogen-bond donors (Lipinski definition) is 3. The summed E-state index contributed by atoms with van der Waals surface area (Å²) in [5, 5.41) is 9.50. The molecule has 0 saturated carbocycles. The molecular formula is C29H24N8O3. The maximum absolute atomic E-state index is 6.07. The smallest absolute Gasteiger partial charge is 0.299 e. The predicted octanol–water partition coefficient (Wildman–Crippen LogP) is 6.39. The fourth-order valence-electron chi connectivity index (χ4n) is 4.09. The third-order valence-electron chi connectivity index (χ3n) is 6.00. The topological polar surface area (TPSA) is 136 Å². The summed E-state index contributed by atoms with van der Waals surface area (Å²) in [6, 6.07) is 23.4. The molecule has 11 heteroatoms. The number of nitrogens with zero attached hydrogens (tertiary/aromatic N) is 5. The minimum absolute atomic E-state index is 0.324. The van der Waals surface area contributed by atoms with Crippen molar-refractivity contribution < 1.29 is 13.6 Å². The van der Waals surface area contributed by atoms with E-state index < -0.39 is 0 Å². The molecule has 40 heavy (non-hydrogen) atoms. The van der Waals surface area contributed by atoms with E-state index in [0.29, 0.717) is 40.9 Å². The SMILES string of the molecule is CNc1nc(Nc2ccccc2-c2cnc(Nc3ccc(-c4cocn4)c(OC)c3)o2)nc(-c2ccccc2)n1. The normalized spacial score (nSPS) is 10.8. The van der Waals surface area contributed by atoms with Gasteiger partial charge in [0.25, 0.3) is 6.01 Å². The largest absolute Gasteiger partial charge is 0.496 e. The zero-order chi connectivity index (χ0) is 27.3. The summed E-state index contributed by atoms with van der Waals surface area (Å²) in [5.74, 6) is 2.58. The lowest BCUT2D eigenvalue weighted by Gasteiger charge is -2.11. The van der Waals surface area contributed by atoms with Crippen LogP contribution in [0.2, 0.25) is 0 Å². The highest BCUT2D eigenvalue weighted by Gasteiger charge is 2.15. The van der Waals surface area contributed by atoms with Gasteiger partial charge in [-0.25, -0.2) is 9.97 Å². The van der Waals surface area contributed by atoms with E-state index in [1.54, 1.807) is 26.6 Å². The van der Waals surface area contributed by atoms with Crippen LogP contribution in [0.1, 0.15) is 0 Å². The monoisotopic (exact) mass is 532 g/mol. The predicted molar refractivity (Wildman–Crippen MR) is 152 cm³/mol. The molecule has 0 aliphatic carbocycles. The van der Waals surface area contributed by atoms with Gasteiger partial charge in [0.05, 0.1) is 19.0 Å². The lowest BCUT2D eigenvalue weighted by atomic mass is 10.1. The number of hydrogen-bond acceptors (Lipinski definition) is 11. The van der Waals surface area contributed by atoms with E-state index in [9.17, 15) is 0 Å². The van der Waals surface area contributed by atoms with E-state index in [2.05, 4.69) is 40.9 Å². The molecule has 0 radical (unpaired) electrons. The van der Waals surface area contributed by atoms with Crippen molar-refractivity contribution in [2.75, 3.05) is 30.1 Å². The summed E-state index contributed by atoms with van der Waals surface area (Å²) >= 11 is 0. The molecule has 0 spiro atoms. The van der Waals surface area contributed by atoms with Gasteiger partial charge >= 0.3 is 0 Å². The van der Waals surface area contributed by atoms with Crippen LogP contribution in [0.5, 0.6) is 5.75 Å². The number of ether oxygens (including phenoxy) is 1. The van der Waals surface area contributed by atoms with Gasteiger partial charge in [0.1, 0.15) is 17.7 Å². The molecule has 0 bridgehead atoms. The highest BCUT2D eigenvalue weighted by molar-refractivity contribution is 5.78. The zero-order valence-corrected chi connectivity index (χ0v) is 21.6. The summed E-state index contributed by atoms with van der Waals surface area (Å²) in [4.78, 5) is 22.2. The first-order valence-corrected chi connectivity index (χ1v) is 12.4. The van der Waals surface area contributed by atoms with Crippen molar-refractivity contribution in [1.82, 2.24) is 24.9 Å². The first-order chi connectivity index (χ1) is 19.7. The van der Waals surface area contributed by atoms with Gasteiger partial charge < -0.3 is 29.5 Å². The highest BCUT2D eigenvalue weighted by Crippen LogP contribution is 2.35.